The fourth-order valence-corrected chi connectivity index (χ4v) is 4.00. The minimum Gasteiger partial charge on any atom is -0.338 e. The molecule has 3 aromatic rings. The SMILES string of the molecule is Cc1ccc(C(=O)N2CCN(Cc3nc(-c4cccs4)no3)CC2)c(C)c1. The average molecular weight is 382 g/mol. The molecule has 6 nitrogen and oxygen atoms in total. The summed E-state index contributed by atoms with van der Waals surface area (Å²) in [6.45, 7) is 7.67. The zero-order valence-corrected chi connectivity index (χ0v) is 16.3. The molecule has 7 heteroatoms. The first-order valence-corrected chi connectivity index (χ1v) is 9.93. The van der Waals surface area contributed by atoms with Gasteiger partial charge in [-0.25, -0.2) is 0 Å². The van der Waals surface area contributed by atoms with Gasteiger partial charge in [0.2, 0.25) is 11.7 Å². The Balaban J connectivity index is 1.34. The van der Waals surface area contributed by atoms with Gasteiger partial charge in [0.05, 0.1) is 11.4 Å². The molecule has 0 bridgehead atoms. The van der Waals surface area contributed by atoms with Gasteiger partial charge in [-0.1, -0.05) is 28.9 Å². The van der Waals surface area contributed by atoms with Crippen molar-refractivity contribution in [2.24, 2.45) is 0 Å². The summed E-state index contributed by atoms with van der Waals surface area (Å²) < 4.78 is 5.39. The molecule has 2 aromatic heterocycles. The molecule has 1 aliphatic rings. The lowest BCUT2D eigenvalue weighted by Gasteiger charge is -2.34. The molecule has 1 fully saturated rings. The number of piperazine rings is 1. The van der Waals surface area contributed by atoms with Crippen LogP contribution in [0.5, 0.6) is 0 Å². The highest BCUT2D eigenvalue weighted by Gasteiger charge is 2.24. The Bertz CT molecular complexity index is 927. The van der Waals surface area contributed by atoms with Crippen molar-refractivity contribution in [1.82, 2.24) is 19.9 Å². The highest BCUT2D eigenvalue weighted by molar-refractivity contribution is 7.13. The summed E-state index contributed by atoms with van der Waals surface area (Å²) in [5, 5.41) is 6.05. The molecule has 0 unspecified atom stereocenters. The normalized spacial score (nSPS) is 15.3. The van der Waals surface area contributed by atoms with Gasteiger partial charge in [0.15, 0.2) is 0 Å². The van der Waals surface area contributed by atoms with E-state index < -0.39 is 0 Å². The summed E-state index contributed by atoms with van der Waals surface area (Å²) >= 11 is 1.60. The van der Waals surface area contributed by atoms with E-state index in [2.05, 4.69) is 21.1 Å². The molecule has 1 saturated heterocycles. The van der Waals surface area contributed by atoms with Crippen LogP contribution in [0.2, 0.25) is 0 Å². The third-order valence-corrected chi connectivity index (χ3v) is 5.71. The van der Waals surface area contributed by atoms with Crippen molar-refractivity contribution in [3.63, 3.8) is 0 Å². The number of rotatable bonds is 4. The molecule has 27 heavy (non-hydrogen) atoms. The van der Waals surface area contributed by atoms with Gasteiger partial charge in [-0.2, -0.15) is 4.98 Å². The molecule has 0 saturated carbocycles. The number of amides is 1. The predicted octanol–water partition coefficient (Wildman–Crippen LogP) is 3.37. The van der Waals surface area contributed by atoms with Gasteiger partial charge in [-0.15, -0.1) is 11.3 Å². The predicted molar refractivity (Wildman–Crippen MR) is 105 cm³/mol. The van der Waals surface area contributed by atoms with Crippen LogP contribution in [0.4, 0.5) is 0 Å². The molecule has 0 N–H and O–H groups in total. The standard InChI is InChI=1S/C20H22N4O2S/c1-14-5-6-16(15(2)12-14)20(25)24-9-7-23(8-10-24)13-18-21-19(22-26-18)17-4-3-11-27-17/h3-6,11-12H,7-10,13H2,1-2H3. The molecule has 1 aromatic carbocycles. The second-order valence-electron chi connectivity index (χ2n) is 6.88. The Morgan fingerprint density at radius 1 is 1.19 bits per heavy atom. The Hall–Kier alpha value is -2.51. The van der Waals surface area contributed by atoms with Crippen LogP contribution in [-0.4, -0.2) is 52.0 Å². The van der Waals surface area contributed by atoms with Gasteiger partial charge in [0, 0.05) is 31.7 Å². The van der Waals surface area contributed by atoms with Crippen molar-refractivity contribution in [2.45, 2.75) is 20.4 Å². The number of aromatic nitrogens is 2. The molecular formula is C20H22N4O2S. The van der Waals surface area contributed by atoms with Crippen molar-refractivity contribution < 1.29 is 9.32 Å². The highest BCUT2D eigenvalue weighted by atomic mass is 32.1. The van der Waals surface area contributed by atoms with Crippen LogP contribution in [0.25, 0.3) is 10.7 Å². The lowest BCUT2D eigenvalue weighted by Crippen LogP contribution is -2.48. The van der Waals surface area contributed by atoms with E-state index >= 15 is 0 Å². The fraction of sp³-hybridized carbons (Fsp3) is 0.350. The third-order valence-electron chi connectivity index (χ3n) is 4.84. The van der Waals surface area contributed by atoms with Crippen LogP contribution in [-0.2, 0) is 6.54 Å². The summed E-state index contributed by atoms with van der Waals surface area (Å²) in [6, 6.07) is 9.95. The second-order valence-corrected chi connectivity index (χ2v) is 7.82. The lowest BCUT2D eigenvalue weighted by molar-refractivity contribution is 0.0614. The number of aryl methyl sites for hydroxylation is 2. The van der Waals surface area contributed by atoms with Gasteiger partial charge >= 0.3 is 0 Å². The highest BCUT2D eigenvalue weighted by Crippen LogP contribution is 2.22. The quantitative estimate of drug-likeness (QED) is 0.692. The van der Waals surface area contributed by atoms with Crippen LogP contribution in [0, 0.1) is 13.8 Å². The summed E-state index contributed by atoms with van der Waals surface area (Å²) in [7, 11) is 0. The zero-order chi connectivity index (χ0) is 18.8. The molecule has 0 atom stereocenters. The Morgan fingerprint density at radius 2 is 2.00 bits per heavy atom. The molecule has 1 amide bonds. The van der Waals surface area contributed by atoms with Gasteiger partial charge in [-0.3, -0.25) is 9.69 Å². The maximum Gasteiger partial charge on any atom is 0.254 e. The van der Waals surface area contributed by atoms with Crippen LogP contribution in [0.3, 0.4) is 0 Å². The summed E-state index contributed by atoms with van der Waals surface area (Å²) in [4.78, 5) is 22.5. The first-order chi connectivity index (χ1) is 13.1. The molecule has 1 aliphatic heterocycles. The summed E-state index contributed by atoms with van der Waals surface area (Å²) in [6.07, 6.45) is 0. The number of thiophene rings is 1. The van der Waals surface area contributed by atoms with Crippen molar-refractivity contribution in [1.29, 1.82) is 0 Å². The third kappa shape index (κ3) is 3.94. The summed E-state index contributed by atoms with van der Waals surface area (Å²) in [5.41, 5.74) is 3.01. The Kier molecular flexibility index (Phi) is 5.05. The van der Waals surface area contributed by atoms with Crippen molar-refractivity contribution in [3.8, 4) is 10.7 Å². The minimum atomic E-state index is 0.116. The molecule has 140 valence electrons. The molecular weight excluding hydrogens is 360 g/mol. The number of hydrogen-bond acceptors (Lipinski definition) is 6. The fourth-order valence-electron chi connectivity index (χ4n) is 3.35. The number of carbonyl (C=O) groups is 1. The average Bonchev–Trinajstić information content (AvgIpc) is 3.33. The van der Waals surface area contributed by atoms with Gasteiger partial charge in [0.25, 0.3) is 5.91 Å². The first-order valence-electron chi connectivity index (χ1n) is 9.05. The van der Waals surface area contributed by atoms with Gasteiger partial charge < -0.3 is 9.42 Å². The van der Waals surface area contributed by atoms with Crippen molar-refractivity contribution >= 4 is 17.2 Å². The van der Waals surface area contributed by atoms with E-state index in [1.54, 1.807) is 11.3 Å². The maximum absolute atomic E-state index is 12.8. The van der Waals surface area contributed by atoms with Crippen molar-refractivity contribution in [3.05, 3.63) is 58.3 Å². The van der Waals surface area contributed by atoms with E-state index in [0.717, 1.165) is 29.1 Å². The lowest BCUT2D eigenvalue weighted by atomic mass is 10.0. The van der Waals surface area contributed by atoms with Gasteiger partial charge in [0.1, 0.15) is 0 Å². The van der Waals surface area contributed by atoms with Crippen molar-refractivity contribution in [2.75, 3.05) is 26.2 Å². The number of hydrogen-bond donors (Lipinski definition) is 0. The minimum absolute atomic E-state index is 0.116. The smallest absolute Gasteiger partial charge is 0.254 e. The van der Waals surface area contributed by atoms with E-state index in [1.807, 2.05) is 48.4 Å². The first kappa shape index (κ1) is 17.9. The maximum atomic E-state index is 12.8. The van der Waals surface area contributed by atoms with Gasteiger partial charge in [-0.05, 0) is 36.9 Å². The number of carbonyl (C=O) groups excluding carboxylic acids is 1. The van der Waals surface area contributed by atoms with E-state index in [-0.39, 0.29) is 5.91 Å². The van der Waals surface area contributed by atoms with E-state index in [1.165, 1.54) is 5.56 Å². The number of nitrogens with zero attached hydrogens (tertiary/aromatic N) is 4. The molecule has 0 radical (unpaired) electrons. The van der Waals surface area contributed by atoms with Crippen LogP contribution >= 0.6 is 11.3 Å². The number of benzene rings is 1. The Labute approximate surface area is 162 Å². The molecule has 3 heterocycles. The zero-order valence-electron chi connectivity index (χ0n) is 15.5. The largest absolute Gasteiger partial charge is 0.338 e. The van der Waals surface area contributed by atoms with E-state index in [0.29, 0.717) is 31.3 Å². The van der Waals surface area contributed by atoms with Crippen LogP contribution < -0.4 is 0 Å². The monoisotopic (exact) mass is 382 g/mol. The van der Waals surface area contributed by atoms with Crippen LogP contribution in [0.1, 0.15) is 27.4 Å². The van der Waals surface area contributed by atoms with Crippen LogP contribution in [0.15, 0.2) is 40.2 Å². The Morgan fingerprint density at radius 3 is 2.70 bits per heavy atom. The summed E-state index contributed by atoms with van der Waals surface area (Å²) in [5.74, 6) is 1.38. The molecule has 4 rings (SSSR count). The molecule has 0 aliphatic carbocycles. The molecule has 0 spiro atoms. The second kappa shape index (κ2) is 7.62. The topological polar surface area (TPSA) is 62.5 Å². The van der Waals surface area contributed by atoms with E-state index in [4.69, 9.17) is 4.52 Å². The van der Waals surface area contributed by atoms with E-state index in [9.17, 15) is 4.79 Å².